The number of carbonyl (C=O) groups is 1. The van der Waals surface area contributed by atoms with Crippen molar-refractivity contribution in [2.24, 2.45) is 0 Å². The molecule has 1 heterocycles. The summed E-state index contributed by atoms with van der Waals surface area (Å²) in [5.74, 6) is -0.129. The number of ether oxygens (including phenoxy) is 3. The summed E-state index contributed by atoms with van der Waals surface area (Å²) in [7, 11) is 0. The van der Waals surface area contributed by atoms with Crippen molar-refractivity contribution in [2.75, 3.05) is 18.1 Å². The summed E-state index contributed by atoms with van der Waals surface area (Å²) < 4.78 is 52.5. The predicted octanol–water partition coefficient (Wildman–Crippen LogP) is 4.49. The number of para-hydroxylation sites is 1. The molecule has 1 atom stereocenters. The zero-order chi connectivity index (χ0) is 19.6. The van der Waals surface area contributed by atoms with Crippen LogP contribution in [0.4, 0.5) is 23.7 Å². The van der Waals surface area contributed by atoms with E-state index in [-0.39, 0.29) is 23.8 Å². The molecule has 2 aromatic rings. The Morgan fingerprint density at radius 1 is 1.30 bits per heavy atom. The van der Waals surface area contributed by atoms with Crippen LogP contribution < -0.4 is 14.4 Å². The highest BCUT2D eigenvalue weighted by atomic mass is 19.4. The predicted molar refractivity (Wildman–Crippen MR) is 90.0 cm³/mol. The number of amides is 1. The van der Waals surface area contributed by atoms with E-state index in [9.17, 15) is 23.1 Å². The first-order valence-electron chi connectivity index (χ1n) is 8.06. The van der Waals surface area contributed by atoms with Crippen molar-refractivity contribution in [2.45, 2.75) is 19.5 Å². The smallest absolute Gasteiger partial charge is 0.486 e. The number of anilines is 1. The molecule has 0 fully saturated rings. The first-order valence-corrected chi connectivity index (χ1v) is 8.06. The lowest BCUT2D eigenvalue weighted by Crippen LogP contribution is -2.47. The van der Waals surface area contributed by atoms with Gasteiger partial charge in [0.25, 0.3) is 0 Å². The molecule has 0 saturated carbocycles. The fourth-order valence-electron chi connectivity index (χ4n) is 2.88. The summed E-state index contributed by atoms with van der Waals surface area (Å²) in [6.45, 7) is 1.99. The minimum absolute atomic E-state index is 0.0388. The van der Waals surface area contributed by atoms with Crippen molar-refractivity contribution in [3.05, 3.63) is 42.5 Å². The largest absolute Gasteiger partial charge is 0.573 e. The van der Waals surface area contributed by atoms with Gasteiger partial charge in [0, 0.05) is 12.2 Å². The SMILES string of the molecule is CCOC1COc2c(-c3cccc(OC(F)(F)F)c3)cccc2N1C(=O)O. The van der Waals surface area contributed by atoms with Gasteiger partial charge in [-0.3, -0.25) is 0 Å². The fraction of sp³-hybridized carbons (Fsp3) is 0.278. The van der Waals surface area contributed by atoms with Gasteiger partial charge in [-0.15, -0.1) is 13.2 Å². The number of alkyl halides is 3. The lowest BCUT2D eigenvalue weighted by atomic mass is 10.0. The van der Waals surface area contributed by atoms with Gasteiger partial charge in [0.2, 0.25) is 0 Å². The Kier molecular flexibility index (Phi) is 5.13. The minimum Gasteiger partial charge on any atom is -0.486 e. The van der Waals surface area contributed by atoms with Gasteiger partial charge in [0.15, 0.2) is 12.0 Å². The fourth-order valence-corrected chi connectivity index (χ4v) is 2.88. The van der Waals surface area contributed by atoms with Gasteiger partial charge in [-0.05, 0) is 30.7 Å². The van der Waals surface area contributed by atoms with Crippen molar-refractivity contribution in [3.63, 3.8) is 0 Å². The first-order chi connectivity index (χ1) is 12.8. The van der Waals surface area contributed by atoms with E-state index >= 15 is 0 Å². The van der Waals surface area contributed by atoms with Crippen molar-refractivity contribution >= 4 is 11.8 Å². The summed E-state index contributed by atoms with van der Waals surface area (Å²) in [5.41, 5.74) is 1.10. The van der Waals surface area contributed by atoms with Gasteiger partial charge >= 0.3 is 12.5 Å². The van der Waals surface area contributed by atoms with Crippen LogP contribution in [0.2, 0.25) is 0 Å². The van der Waals surface area contributed by atoms with E-state index in [1.165, 1.54) is 18.2 Å². The van der Waals surface area contributed by atoms with E-state index in [2.05, 4.69) is 4.74 Å². The van der Waals surface area contributed by atoms with Crippen molar-refractivity contribution in [1.82, 2.24) is 0 Å². The third-order valence-corrected chi connectivity index (χ3v) is 3.86. The Bertz CT molecular complexity index is 840. The number of hydrogen-bond acceptors (Lipinski definition) is 4. The molecule has 0 bridgehead atoms. The van der Waals surface area contributed by atoms with Crippen LogP contribution in [-0.4, -0.2) is 37.0 Å². The second-order valence-corrected chi connectivity index (χ2v) is 5.60. The molecule has 0 radical (unpaired) electrons. The number of halogens is 3. The molecule has 1 amide bonds. The van der Waals surface area contributed by atoms with Gasteiger partial charge in [-0.1, -0.05) is 24.3 Å². The van der Waals surface area contributed by atoms with Crippen LogP contribution in [0.15, 0.2) is 42.5 Å². The molecule has 144 valence electrons. The van der Waals surface area contributed by atoms with Crippen LogP contribution in [0.5, 0.6) is 11.5 Å². The summed E-state index contributed by atoms with van der Waals surface area (Å²) in [6, 6.07) is 10.2. The molecule has 2 aromatic carbocycles. The normalized spacial score (nSPS) is 16.4. The van der Waals surface area contributed by atoms with Gasteiger partial charge in [0.05, 0.1) is 5.69 Å². The van der Waals surface area contributed by atoms with Crippen molar-refractivity contribution in [3.8, 4) is 22.6 Å². The molecular weight excluding hydrogens is 367 g/mol. The Balaban J connectivity index is 2.03. The van der Waals surface area contributed by atoms with Crippen LogP contribution >= 0.6 is 0 Å². The average molecular weight is 383 g/mol. The second-order valence-electron chi connectivity index (χ2n) is 5.60. The first kappa shape index (κ1) is 18.8. The number of rotatable bonds is 4. The third kappa shape index (κ3) is 4.08. The molecule has 0 aromatic heterocycles. The van der Waals surface area contributed by atoms with E-state index < -0.39 is 18.7 Å². The van der Waals surface area contributed by atoms with Gasteiger partial charge in [0.1, 0.15) is 12.4 Å². The van der Waals surface area contributed by atoms with Gasteiger partial charge < -0.3 is 19.3 Å². The molecule has 27 heavy (non-hydrogen) atoms. The molecular formula is C18H16F3NO5. The molecule has 0 spiro atoms. The number of nitrogens with zero attached hydrogens (tertiary/aromatic N) is 1. The van der Waals surface area contributed by atoms with E-state index in [1.807, 2.05) is 0 Å². The van der Waals surface area contributed by atoms with E-state index in [4.69, 9.17) is 9.47 Å². The topological polar surface area (TPSA) is 68.2 Å². The molecule has 3 rings (SSSR count). The van der Waals surface area contributed by atoms with Crippen LogP contribution in [0.1, 0.15) is 6.92 Å². The standard InChI is InChI=1S/C18H16F3NO5/c1-2-25-15-10-26-16-13(7-4-8-14(16)22(15)17(23)24)11-5-3-6-12(9-11)27-18(19,20)21/h3-9,15H,2,10H2,1H3,(H,23,24). The van der Waals surface area contributed by atoms with Crippen LogP contribution in [0, 0.1) is 0 Å². The Morgan fingerprint density at radius 2 is 2.04 bits per heavy atom. The monoisotopic (exact) mass is 383 g/mol. The molecule has 1 aliphatic rings. The number of hydrogen-bond donors (Lipinski definition) is 1. The second kappa shape index (κ2) is 7.36. The highest BCUT2D eigenvalue weighted by molar-refractivity contribution is 5.92. The minimum atomic E-state index is -4.81. The summed E-state index contributed by atoms with van der Waals surface area (Å²) in [4.78, 5) is 12.7. The van der Waals surface area contributed by atoms with E-state index in [0.29, 0.717) is 17.7 Å². The van der Waals surface area contributed by atoms with Crippen LogP contribution in [0.25, 0.3) is 11.1 Å². The molecule has 0 saturated heterocycles. The molecule has 1 aliphatic heterocycles. The molecule has 9 heteroatoms. The quantitative estimate of drug-likeness (QED) is 0.843. The zero-order valence-electron chi connectivity index (χ0n) is 14.2. The molecule has 1 N–H and O–H groups in total. The van der Waals surface area contributed by atoms with Gasteiger partial charge in [-0.2, -0.15) is 0 Å². The van der Waals surface area contributed by atoms with E-state index in [1.54, 1.807) is 31.2 Å². The lowest BCUT2D eigenvalue weighted by molar-refractivity contribution is -0.274. The Morgan fingerprint density at radius 3 is 2.70 bits per heavy atom. The lowest BCUT2D eigenvalue weighted by Gasteiger charge is -2.35. The Labute approximate surface area is 152 Å². The maximum absolute atomic E-state index is 12.5. The zero-order valence-corrected chi connectivity index (χ0v) is 14.2. The summed E-state index contributed by atoms with van der Waals surface area (Å²) in [6.07, 6.45) is -6.84. The highest BCUT2D eigenvalue weighted by Gasteiger charge is 2.35. The average Bonchev–Trinajstić information content (AvgIpc) is 2.59. The number of carboxylic acid groups (broad SMARTS) is 1. The highest BCUT2D eigenvalue weighted by Crippen LogP contribution is 2.43. The van der Waals surface area contributed by atoms with Crippen molar-refractivity contribution < 1.29 is 37.3 Å². The maximum Gasteiger partial charge on any atom is 0.573 e. The summed E-state index contributed by atoms with van der Waals surface area (Å²) >= 11 is 0. The number of benzene rings is 2. The maximum atomic E-state index is 12.5. The summed E-state index contributed by atoms with van der Waals surface area (Å²) in [5, 5.41) is 9.56. The van der Waals surface area contributed by atoms with Crippen LogP contribution in [0.3, 0.4) is 0 Å². The van der Waals surface area contributed by atoms with Crippen molar-refractivity contribution in [1.29, 1.82) is 0 Å². The molecule has 6 nitrogen and oxygen atoms in total. The van der Waals surface area contributed by atoms with Gasteiger partial charge in [-0.25, -0.2) is 9.69 Å². The number of fused-ring (bicyclic) bond motifs is 1. The Hall–Kier alpha value is -2.94. The molecule has 0 aliphatic carbocycles. The van der Waals surface area contributed by atoms with E-state index in [0.717, 1.165) is 4.90 Å². The van der Waals surface area contributed by atoms with Crippen LogP contribution in [-0.2, 0) is 4.74 Å². The molecule has 1 unspecified atom stereocenters. The third-order valence-electron chi connectivity index (χ3n) is 3.86.